The molecule has 3 aliphatic rings. The van der Waals surface area contributed by atoms with Crippen LogP contribution in [0.25, 0.3) is 0 Å². The predicted octanol–water partition coefficient (Wildman–Crippen LogP) is 4.07. The van der Waals surface area contributed by atoms with Crippen molar-refractivity contribution < 1.29 is 32.7 Å². The van der Waals surface area contributed by atoms with Crippen LogP contribution >= 0.6 is 7.60 Å². The van der Waals surface area contributed by atoms with Crippen molar-refractivity contribution in [3.8, 4) is 0 Å². The summed E-state index contributed by atoms with van der Waals surface area (Å²) in [5, 5.41) is 2.98. The van der Waals surface area contributed by atoms with Crippen LogP contribution in [0.1, 0.15) is 84.5 Å². The number of carbonyl (C=O) groups excluding carboxylic acids is 2. The van der Waals surface area contributed by atoms with Crippen LogP contribution in [0.15, 0.2) is 9.59 Å². The van der Waals surface area contributed by atoms with Crippen molar-refractivity contribution in [1.29, 1.82) is 0 Å². The standard InChI is InChI=1S/C27H41N2O9P/c1-18(35-26(32)20-10-5-3-6-11-20)37-39(34,38-19(2)36-27(33)21-12-7-4-8-13-21)17-16-29-15-9-14-28-22-23(29)25(31)24(22)30/h18-21,28H,3-17H2,1-2H3. The maximum atomic E-state index is 14.0. The number of nitrogens with one attached hydrogen (secondary N) is 1. The van der Waals surface area contributed by atoms with Crippen LogP contribution in [0.5, 0.6) is 0 Å². The van der Waals surface area contributed by atoms with Gasteiger partial charge in [-0.1, -0.05) is 38.5 Å². The highest BCUT2D eigenvalue weighted by Crippen LogP contribution is 2.51. The van der Waals surface area contributed by atoms with Gasteiger partial charge in [0.25, 0.3) is 10.9 Å². The average molecular weight is 569 g/mol. The highest BCUT2D eigenvalue weighted by atomic mass is 31.2. The summed E-state index contributed by atoms with van der Waals surface area (Å²) < 4.78 is 36.4. The van der Waals surface area contributed by atoms with Crippen molar-refractivity contribution in [1.82, 2.24) is 0 Å². The fourth-order valence-corrected chi connectivity index (χ4v) is 7.47. The molecule has 12 heteroatoms. The zero-order valence-corrected chi connectivity index (χ0v) is 23.9. The van der Waals surface area contributed by atoms with Gasteiger partial charge in [0, 0.05) is 19.6 Å². The maximum Gasteiger partial charge on any atom is 0.338 e. The fourth-order valence-electron chi connectivity index (χ4n) is 5.73. The molecule has 1 heterocycles. The van der Waals surface area contributed by atoms with E-state index in [1.165, 1.54) is 13.8 Å². The molecule has 2 aliphatic carbocycles. The number of hydrogen-bond acceptors (Lipinski definition) is 11. The first kappa shape index (κ1) is 29.7. The summed E-state index contributed by atoms with van der Waals surface area (Å²) in [5.74, 6) is -1.20. The Kier molecular flexibility index (Phi) is 10.2. The summed E-state index contributed by atoms with van der Waals surface area (Å²) in [6.45, 7) is 4.09. The van der Waals surface area contributed by atoms with Gasteiger partial charge in [0.15, 0.2) is 0 Å². The van der Waals surface area contributed by atoms with E-state index in [9.17, 15) is 23.7 Å². The van der Waals surface area contributed by atoms with Crippen molar-refractivity contribution in [2.45, 2.75) is 97.1 Å². The molecule has 4 rings (SSSR count). The molecule has 39 heavy (non-hydrogen) atoms. The van der Waals surface area contributed by atoms with Crippen LogP contribution in [-0.2, 0) is 32.7 Å². The quantitative estimate of drug-likeness (QED) is 0.179. The van der Waals surface area contributed by atoms with Gasteiger partial charge in [0.05, 0.1) is 18.0 Å². The molecule has 2 saturated carbocycles. The molecule has 1 aliphatic heterocycles. The van der Waals surface area contributed by atoms with Crippen LogP contribution < -0.4 is 21.1 Å². The van der Waals surface area contributed by atoms with E-state index in [1.54, 1.807) is 4.90 Å². The third-order valence-electron chi connectivity index (χ3n) is 7.81. The van der Waals surface area contributed by atoms with Gasteiger partial charge >= 0.3 is 19.5 Å². The second-order valence-electron chi connectivity index (χ2n) is 10.9. The molecule has 2 fully saturated rings. The summed E-state index contributed by atoms with van der Waals surface area (Å²) in [5.41, 5.74) is -0.587. The number of rotatable bonds is 11. The van der Waals surface area contributed by atoms with Crippen LogP contribution in [0, 0.1) is 11.8 Å². The smallest absolute Gasteiger partial charge is 0.338 e. The zero-order chi connectivity index (χ0) is 28.0. The largest absolute Gasteiger partial charge is 0.435 e. The molecule has 0 amide bonds. The second-order valence-corrected chi connectivity index (χ2v) is 13.0. The minimum absolute atomic E-state index is 0.101. The van der Waals surface area contributed by atoms with E-state index < -0.39 is 43.0 Å². The Balaban J connectivity index is 1.42. The van der Waals surface area contributed by atoms with Gasteiger partial charge in [-0.25, -0.2) is 0 Å². The Bertz CT molecular complexity index is 1080. The highest BCUT2D eigenvalue weighted by Gasteiger charge is 2.36. The fraction of sp³-hybridized carbons (Fsp3) is 0.778. The Morgan fingerprint density at radius 1 is 0.846 bits per heavy atom. The first-order chi connectivity index (χ1) is 18.7. The first-order valence-corrected chi connectivity index (χ1v) is 16.1. The lowest BCUT2D eigenvalue weighted by Crippen LogP contribution is -2.42. The molecule has 0 bridgehead atoms. The van der Waals surface area contributed by atoms with Gasteiger partial charge < -0.3 is 19.7 Å². The molecular formula is C27H41N2O9P. The molecule has 1 aromatic carbocycles. The van der Waals surface area contributed by atoms with Crippen LogP contribution in [-0.4, -0.2) is 50.3 Å². The molecule has 1 aromatic rings. The number of nitrogens with zero attached hydrogens (tertiary/aromatic N) is 1. The monoisotopic (exact) mass is 568 g/mol. The lowest BCUT2D eigenvalue weighted by Gasteiger charge is -2.30. The third-order valence-corrected chi connectivity index (χ3v) is 9.79. The number of fused-ring (bicyclic) bond motifs is 1. The van der Waals surface area contributed by atoms with Gasteiger partial charge in [0.2, 0.25) is 12.6 Å². The van der Waals surface area contributed by atoms with E-state index in [1.807, 2.05) is 0 Å². The number of anilines is 2. The number of hydrogen-bond donors (Lipinski definition) is 1. The van der Waals surface area contributed by atoms with Crippen LogP contribution in [0.4, 0.5) is 11.4 Å². The molecule has 0 saturated heterocycles. The Labute approximate surface area is 229 Å². The molecule has 0 radical (unpaired) electrons. The van der Waals surface area contributed by atoms with E-state index in [4.69, 9.17) is 18.5 Å². The van der Waals surface area contributed by atoms with Crippen molar-refractivity contribution in [2.24, 2.45) is 11.8 Å². The van der Waals surface area contributed by atoms with Crippen LogP contribution in [0.2, 0.25) is 0 Å². The third kappa shape index (κ3) is 7.70. The van der Waals surface area contributed by atoms with Gasteiger partial charge in [0.1, 0.15) is 11.4 Å². The van der Waals surface area contributed by atoms with Crippen molar-refractivity contribution in [3.05, 3.63) is 20.4 Å². The van der Waals surface area contributed by atoms with Crippen LogP contribution in [0.3, 0.4) is 0 Å². The van der Waals surface area contributed by atoms with E-state index >= 15 is 0 Å². The molecule has 11 nitrogen and oxygen atoms in total. The maximum absolute atomic E-state index is 14.0. The van der Waals surface area contributed by atoms with Gasteiger partial charge in [-0.3, -0.25) is 32.8 Å². The second kappa shape index (κ2) is 13.4. The van der Waals surface area contributed by atoms with Gasteiger partial charge in [-0.05, 0) is 46.0 Å². The predicted molar refractivity (Wildman–Crippen MR) is 146 cm³/mol. The molecular weight excluding hydrogens is 527 g/mol. The Morgan fingerprint density at radius 3 is 1.87 bits per heavy atom. The van der Waals surface area contributed by atoms with Crippen molar-refractivity contribution >= 4 is 30.9 Å². The molecule has 1 N–H and O–H groups in total. The molecule has 2 unspecified atom stereocenters. The van der Waals surface area contributed by atoms with Crippen molar-refractivity contribution in [2.75, 3.05) is 36.0 Å². The molecule has 218 valence electrons. The Morgan fingerprint density at radius 2 is 1.36 bits per heavy atom. The van der Waals surface area contributed by atoms with Gasteiger partial charge in [-0.15, -0.1) is 0 Å². The first-order valence-electron chi connectivity index (χ1n) is 14.4. The number of ether oxygens (including phenoxy) is 2. The van der Waals surface area contributed by atoms with E-state index in [2.05, 4.69) is 5.32 Å². The molecule has 0 aromatic heterocycles. The SMILES string of the molecule is CC(OC(=O)C1CCCCC1)OP(=O)(CCN1CCCNc2c1c(=O)c2=O)OC(C)OC(=O)C1CCCCC1. The summed E-state index contributed by atoms with van der Waals surface area (Å²) in [4.78, 5) is 51.2. The lowest BCUT2D eigenvalue weighted by atomic mass is 9.89. The molecule has 2 atom stereocenters. The summed E-state index contributed by atoms with van der Waals surface area (Å²) in [7, 11) is -4.00. The van der Waals surface area contributed by atoms with E-state index in [-0.39, 0.29) is 35.9 Å². The summed E-state index contributed by atoms with van der Waals surface area (Å²) in [6.07, 6.45) is 7.24. The lowest BCUT2D eigenvalue weighted by molar-refractivity contribution is -0.173. The minimum Gasteiger partial charge on any atom is -0.435 e. The van der Waals surface area contributed by atoms with Gasteiger partial charge in [-0.2, -0.15) is 0 Å². The topological polar surface area (TPSA) is 138 Å². The highest BCUT2D eigenvalue weighted by molar-refractivity contribution is 7.53. The average Bonchev–Trinajstić information content (AvgIpc) is 3.12. The summed E-state index contributed by atoms with van der Waals surface area (Å²) >= 11 is 0. The Hall–Kier alpha value is -2.23. The summed E-state index contributed by atoms with van der Waals surface area (Å²) in [6, 6.07) is 0. The van der Waals surface area contributed by atoms with Crippen molar-refractivity contribution in [3.63, 3.8) is 0 Å². The zero-order valence-electron chi connectivity index (χ0n) is 23.0. The van der Waals surface area contributed by atoms with E-state index in [0.29, 0.717) is 19.5 Å². The number of carbonyl (C=O) groups is 2. The molecule has 0 spiro atoms. The van der Waals surface area contributed by atoms with E-state index in [0.717, 1.165) is 64.2 Å². The number of esters is 2. The minimum atomic E-state index is -4.00. The normalized spacial score (nSPS) is 22.2.